The summed E-state index contributed by atoms with van der Waals surface area (Å²) in [6.45, 7) is 5.35. The third kappa shape index (κ3) is 3.21. The lowest BCUT2D eigenvalue weighted by Crippen LogP contribution is -2.58. The summed E-state index contributed by atoms with van der Waals surface area (Å²) in [4.78, 5) is 12.9. The molecule has 6 atom stereocenters. The summed E-state index contributed by atoms with van der Waals surface area (Å²) in [5.41, 5.74) is -5.24. The topological polar surface area (TPSA) is 68.3 Å². The van der Waals surface area contributed by atoms with E-state index in [2.05, 4.69) is 0 Å². The van der Waals surface area contributed by atoms with Crippen molar-refractivity contribution >= 4 is 5.97 Å². The van der Waals surface area contributed by atoms with Crippen LogP contribution < -0.4 is 0 Å². The highest BCUT2D eigenvalue weighted by Gasteiger charge is 2.67. The Morgan fingerprint density at radius 3 is 2.39 bits per heavy atom. The Hall–Kier alpha value is -1.64. The zero-order chi connectivity index (χ0) is 20.9. The number of carbonyl (C=O) groups is 1. The molecule has 0 unspecified atom stereocenters. The van der Waals surface area contributed by atoms with E-state index < -0.39 is 35.6 Å². The number of carbonyl (C=O) groups excluding carboxylic acids is 1. The molecule has 0 aromatic heterocycles. The summed E-state index contributed by atoms with van der Waals surface area (Å²) >= 11 is 0. The molecule has 28 heavy (non-hydrogen) atoms. The molecule has 5 nitrogen and oxygen atoms in total. The van der Waals surface area contributed by atoms with Crippen molar-refractivity contribution in [2.45, 2.75) is 62.9 Å². The van der Waals surface area contributed by atoms with Gasteiger partial charge in [0.25, 0.3) is 5.60 Å². The molecule has 1 aliphatic heterocycles. The van der Waals surface area contributed by atoms with Crippen molar-refractivity contribution in [3.63, 3.8) is 0 Å². The molecule has 0 spiro atoms. The SMILES string of the molecule is CO[C@](C(=O)O[C@@H]1C[C@@H](C(C)C)[C@@H]2O[C@@H]2[C@]1(C)O)(c1ccccc1)C(F)(F)F. The van der Waals surface area contributed by atoms with Crippen molar-refractivity contribution in [2.24, 2.45) is 11.8 Å². The van der Waals surface area contributed by atoms with Crippen molar-refractivity contribution in [1.82, 2.24) is 0 Å². The summed E-state index contributed by atoms with van der Waals surface area (Å²) in [6.07, 6.45) is -6.72. The predicted octanol–water partition coefficient (Wildman–Crippen LogP) is 3.20. The van der Waals surface area contributed by atoms with Crippen molar-refractivity contribution in [1.29, 1.82) is 0 Å². The average Bonchev–Trinajstić information content (AvgIpc) is 3.40. The maximum absolute atomic E-state index is 14.0. The van der Waals surface area contributed by atoms with Crippen LogP contribution in [0.3, 0.4) is 0 Å². The highest BCUT2D eigenvalue weighted by Crippen LogP contribution is 2.51. The minimum Gasteiger partial charge on any atom is -0.457 e. The van der Waals surface area contributed by atoms with Crippen LogP contribution in [0.15, 0.2) is 30.3 Å². The number of hydrogen-bond donors (Lipinski definition) is 1. The number of fused-ring (bicyclic) bond motifs is 1. The van der Waals surface area contributed by atoms with Gasteiger partial charge in [0.2, 0.25) is 0 Å². The quantitative estimate of drug-likeness (QED) is 0.605. The van der Waals surface area contributed by atoms with Gasteiger partial charge in [-0.15, -0.1) is 0 Å². The van der Waals surface area contributed by atoms with Gasteiger partial charge in [0.15, 0.2) is 0 Å². The number of ether oxygens (including phenoxy) is 3. The maximum atomic E-state index is 14.0. The van der Waals surface area contributed by atoms with E-state index in [0.717, 1.165) is 19.2 Å². The van der Waals surface area contributed by atoms with Crippen molar-refractivity contribution in [3.8, 4) is 0 Å². The fraction of sp³-hybridized carbons (Fsp3) is 0.650. The first-order chi connectivity index (χ1) is 13.0. The van der Waals surface area contributed by atoms with Crippen LogP contribution in [0.1, 0.15) is 32.8 Å². The zero-order valence-corrected chi connectivity index (χ0v) is 16.2. The van der Waals surface area contributed by atoms with Gasteiger partial charge in [-0.1, -0.05) is 44.2 Å². The number of alkyl halides is 3. The summed E-state index contributed by atoms with van der Waals surface area (Å²) in [7, 11) is 0.817. The van der Waals surface area contributed by atoms with Gasteiger partial charge in [0, 0.05) is 12.7 Å². The molecule has 1 heterocycles. The van der Waals surface area contributed by atoms with E-state index >= 15 is 0 Å². The lowest BCUT2D eigenvalue weighted by Gasteiger charge is -2.40. The Morgan fingerprint density at radius 1 is 1.29 bits per heavy atom. The summed E-state index contributed by atoms with van der Waals surface area (Å²) in [5, 5.41) is 10.8. The first kappa shape index (κ1) is 21.1. The van der Waals surface area contributed by atoms with Crippen LogP contribution in [0.2, 0.25) is 0 Å². The molecule has 3 rings (SSSR count). The van der Waals surface area contributed by atoms with Gasteiger partial charge in [-0.2, -0.15) is 13.2 Å². The Labute approximate surface area is 161 Å². The first-order valence-corrected chi connectivity index (χ1v) is 9.23. The number of esters is 1. The third-order valence-electron chi connectivity index (χ3n) is 5.94. The van der Waals surface area contributed by atoms with Gasteiger partial charge in [0.1, 0.15) is 17.8 Å². The van der Waals surface area contributed by atoms with Crippen molar-refractivity contribution in [3.05, 3.63) is 35.9 Å². The number of rotatable bonds is 5. The number of halogens is 3. The van der Waals surface area contributed by atoms with E-state index in [0.29, 0.717) is 0 Å². The standard InChI is InChI=1S/C20H25F3O5/c1-11(2)13-10-14(18(3,25)16-15(13)28-16)27-17(24)19(26-4,20(21,22)23)12-8-6-5-7-9-12/h5-9,11,13-16,25H,10H2,1-4H3/t13-,14+,15-,16-,18+,19-/m0/s1. The molecule has 1 saturated heterocycles. The van der Waals surface area contributed by atoms with Gasteiger partial charge in [0.05, 0.1) is 6.10 Å². The largest absolute Gasteiger partial charge is 0.457 e. The lowest BCUT2D eigenvalue weighted by atomic mass is 9.73. The molecule has 1 aromatic carbocycles. The molecule has 1 saturated carbocycles. The average molecular weight is 402 g/mol. The van der Waals surface area contributed by atoms with E-state index in [1.165, 1.54) is 25.1 Å². The van der Waals surface area contributed by atoms with Crippen LogP contribution in [-0.2, 0) is 24.6 Å². The molecule has 0 radical (unpaired) electrons. The molecule has 1 aromatic rings. The van der Waals surface area contributed by atoms with Crippen LogP contribution in [0.25, 0.3) is 0 Å². The summed E-state index contributed by atoms with van der Waals surface area (Å²) in [6, 6.07) is 6.63. The molecule has 1 aliphatic carbocycles. The monoisotopic (exact) mass is 402 g/mol. The summed E-state index contributed by atoms with van der Waals surface area (Å²) < 4.78 is 57.7. The van der Waals surface area contributed by atoms with Crippen LogP contribution in [0.4, 0.5) is 13.2 Å². The number of methoxy groups -OCH3 is 1. The van der Waals surface area contributed by atoms with Crippen LogP contribution in [-0.4, -0.2) is 48.3 Å². The van der Waals surface area contributed by atoms with Gasteiger partial charge < -0.3 is 19.3 Å². The van der Waals surface area contributed by atoms with E-state index in [4.69, 9.17) is 14.2 Å². The number of epoxide rings is 1. The maximum Gasteiger partial charge on any atom is 0.432 e. The lowest BCUT2D eigenvalue weighted by molar-refractivity contribution is -0.282. The molecule has 156 valence electrons. The molecule has 2 fully saturated rings. The van der Waals surface area contributed by atoms with Crippen LogP contribution >= 0.6 is 0 Å². The second-order valence-corrected chi connectivity index (χ2v) is 8.03. The number of benzene rings is 1. The third-order valence-corrected chi connectivity index (χ3v) is 5.94. The molecular weight excluding hydrogens is 377 g/mol. The zero-order valence-electron chi connectivity index (χ0n) is 16.2. The minimum atomic E-state index is -5.06. The van der Waals surface area contributed by atoms with E-state index in [1.807, 2.05) is 13.8 Å². The molecule has 2 aliphatic rings. The number of aliphatic hydroxyl groups is 1. The van der Waals surface area contributed by atoms with E-state index in [9.17, 15) is 23.1 Å². The Balaban J connectivity index is 1.94. The van der Waals surface area contributed by atoms with E-state index in [-0.39, 0.29) is 29.9 Å². The van der Waals surface area contributed by atoms with Crippen LogP contribution in [0.5, 0.6) is 0 Å². The Bertz CT molecular complexity index is 718. The Morgan fingerprint density at radius 2 is 1.89 bits per heavy atom. The predicted molar refractivity (Wildman–Crippen MR) is 93.3 cm³/mol. The van der Waals surface area contributed by atoms with E-state index in [1.54, 1.807) is 0 Å². The Kier molecular flexibility index (Phi) is 5.27. The van der Waals surface area contributed by atoms with Crippen molar-refractivity contribution in [2.75, 3.05) is 7.11 Å². The second-order valence-electron chi connectivity index (χ2n) is 8.03. The number of hydrogen-bond acceptors (Lipinski definition) is 5. The van der Waals surface area contributed by atoms with Crippen LogP contribution in [0, 0.1) is 11.8 Å². The first-order valence-electron chi connectivity index (χ1n) is 9.23. The smallest absolute Gasteiger partial charge is 0.432 e. The molecule has 1 N–H and O–H groups in total. The fourth-order valence-corrected chi connectivity index (χ4v) is 4.14. The van der Waals surface area contributed by atoms with Gasteiger partial charge in [-0.3, -0.25) is 0 Å². The van der Waals surface area contributed by atoms with Crippen molar-refractivity contribution < 1.29 is 37.3 Å². The molecule has 0 amide bonds. The minimum absolute atomic E-state index is 0.0254. The molecular formula is C20H25F3O5. The normalized spacial score (nSPS) is 34.5. The van der Waals surface area contributed by atoms with Gasteiger partial charge in [-0.25, -0.2) is 4.79 Å². The van der Waals surface area contributed by atoms with Gasteiger partial charge in [-0.05, 0) is 25.2 Å². The molecule has 8 heteroatoms. The highest BCUT2D eigenvalue weighted by atomic mass is 19.4. The van der Waals surface area contributed by atoms with Gasteiger partial charge >= 0.3 is 12.1 Å². The highest BCUT2D eigenvalue weighted by molar-refractivity contribution is 5.83. The summed E-state index contributed by atoms with van der Waals surface area (Å²) in [5.74, 6) is -1.46. The molecule has 0 bridgehead atoms. The fourth-order valence-electron chi connectivity index (χ4n) is 4.14. The second kappa shape index (κ2) is 7.00.